The van der Waals surface area contributed by atoms with Crippen molar-refractivity contribution in [1.82, 2.24) is 4.31 Å². The Labute approximate surface area is 129 Å². The number of sulfonamides is 1. The highest BCUT2D eigenvalue weighted by Crippen LogP contribution is 2.43. The first kappa shape index (κ1) is 14.3. The van der Waals surface area contributed by atoms with Crippen LogP contribution in [0.3, 0.4) is 0 Å². The number of hydrogen-bond acceptors (Lipinski definition) is 4. The van der Waals surface area contributed by atoms with Gasteiger partial charge in [0, 0.05) is 12.1 Å². The van der Waals surface area contributed by atoms with E-state index in [-0.39, 0.29) is 22.4 Å². The minimum absolute atomic E-state index is 0.0709. The molecular formula is C11H13BrClNO3S2. The summed E-state index contributed by atoms with van der Waals surface area (Å²) in [6.45, 7) is 0. The Balaban J connectivity index is 1.97. The monoisotopic (exact) mass is 385 g/mol. The normalized spacial score (nSPS) is 31.8. The van der Waals surface area contributed by atoms with Crippen LogP contribution in [0.4, 0.5) is 0 Å². The van der Waals surface area contributed by atoms with Gasteiger partial charge >= 0.3 is 0 Å². The standard InChI is InChI=1S/C11H13BrClNO3S2/c12-11-9(13)5-10(18-11)19(16,17)14-6-1-2-7(14)4-8(15)3-6/h5-8,15H,1-4H2. The third-order valence-electron chi connectivity index (χ3n) is 3.80. The van der Waals surface area contributed by atoms with Gasteiger partial charge in [-0.25, -0.2) is 8.42 Å². The first-order valence-corrected chi connectivity index (χ1v) is 9.49. The molecule has 0 aromatic carbocycles. The molecule has 106 valence electrons. The second-order valence-electron chi connectivity index (χ2n) is 5.03. The molecule has 1 N–H and O–H groups in total. The lowest BCUT2D eigenvalue weighted by atomic mass is 10.0. The van der Waals surface area contributed by atoms with Gasteiger partial charge in [0.15, 0.2) is 0 Å². The third kappa shape index (κ3) is 2.38. The van der Waals surface area contributed by atoms with Crippen molar-refractivity contribution in [2.75, 3.05) is 0 Å². The maximum absolute atomic E-state index is 12.7. The highest BCUT2D eigenvalue weighted by Gasteiger charge is 2.47. The summed E-state index contributed by atoms with van der Waals surface area (Å²) < 4.78 is 27.9. The molecule has 2 unspecified atom stereocenters. The molecule has 0 amide bonds. The van der Waals surface area contributed by atoms with E-state index in [0.717, 1.165) is 24.2 Å². The minimum Gasteiger partial charge on any atom is -0.393 e. The van der Waals surface area contributed by atoms with E-state index in [1.54, 1.807) is 4.31 Å². The molecule has 2 saturated heterocycles. The molecule has 2 aliphatic rings. The number of piperidine rings is 1. The largest absolute Gasteiger partial charge is 0.393 e. The SMILES string of the molecule is O=S(=O)(c1cc(Cl)c(Br)s1)N1C2CCC1CC(O)C2. The van der Waals surface area contributed by atoms with E-state index < -0.39 is 10.0 Å². The van der Waals surface area contributed by atoms with Gasteiger partial charge < -0.3 is 5.11 Å². The molecule has 0 radical (unpaired) electrons. The Morgan fingerprint density at radius 3 is 2.42 bits per heavy atom. The van der Waals surface area contributed by atoms with Crippen LogP contribution in [-0.4, -0.2) is 36.0 Å². The lowest BCUT2D eigenvalue weighted by Gasteiger charge is -2.35. The van der Waals surface area contributed by atoms with Crippen LogP contribution >= 0.6 is 38.9 Å². The summed E-state index contributed by atoms with van der Waals surface area (Å²) in [6, 6.07) is 1.35. The molecule has 2 atom stereocenters. The van der Waals surface area contributed by atoms with Crippen molar-refractivity contribution in [3.63, 3.8) is 0 Å². The molecule has 3 heterocycles. The second kappa shape index (κ2) is 4.96. The number of halogens is 2. The molecule has 0 saturated carbocycles. The highest BCUT2D eigenvalue weighted by molar-refractivity contribution is 9.11. The molecule has 2 bridgehead atoms. The van der Waals surface area contributed by atoms with Crippen LogP contribution in [0.1, 0.15) is 25.7 Å². The number of nitrogens with zero attached hydrogens (tertiary/aromatic N) is 1. The van der Waals surface area contributed by atoms with Crippen LogP contribution in [0.2, 0.25) is 5.02 Å². The predicted molar refractivity (Wildman–Crippen MR) is 78.1 cm³/mol. The number of aliphatic hydroxyl groups excluding tert-OH is 1. The summed E-state index contributed by atoms with van der Waals surface area (Å²) in [5, 5.41) is 10.2. The zero-order valence-corrected chi connectivity index (χ0v) is 13.9. The third-order valence-corrected chi connectivity index (χ3v) is 8.72. The van der Waals surface area contributed by atoms with Crippen LogP contribution in [-0.2, 0) is 10.0 Å². The zero-order valence-electron chi connectivity index (χ0n) is 9.92. The second-order valence-corrected chi connectivity index (χ2v) is 9.88. The summed E-state index contributed by atoms with van der Waals surface area (Å²) in [5.74, 6) is 0. The van der Waals surface area contributed by atoms with E-state index in [2.05, 4.69) is 15.9 Å². The van der Waals surface area contributed by atoms with Gasteiger partial charge in [-0.15, -0.1) is 11.3 Å². The Morgan fingerprint density at radius 1 is 1.37 bits per heavy atom. The number of fused-ring (bicyclic) bond motifs is 2. The fourth-order valence-electron chi connectivity index (χ4n) is 3.06. The van der Waals surface area contributed by atoms with Gasteiger partial charge in [0.05, 0.1) is 14.9 Å². The molecule has 0 aliphatic carbocycles. The molecule has 1 aromatic heterocycles. The van der Waals surface area contributed by atoms with Gasteiger partial charge in [-0.2, -0.15) is 4.31 Å². The van der Waals surface area contributed by atoms with Crippen molar-refractivity contribution < 1.29 is 13.5 Å². The molecule has 2 fully saturated rings. The quantitative estimate of drug-likeness (QED) is 0.850. The Hall–Kier alpha value is 0.340. The van der Waals surface area contributed by atoms with Gasteiger partial charge in [-0.1, -0.05) is 11.6 Å². The van der Waals surface area contributed by atoms with Crippen LogP contribution in [0.5, 0.6) is 0 Å². The first-order valence-electron chi connectivity index (χ1n) is 6.06. The van der Waals surface area contributed by atoms with Crippen molar-refractivity contribution in [3.8, 4) is 0 Å². The molecule has 4 nitrogen and oxygen atoms in total. The molecule has 1 aromatic rings. The smallest absolute Gasteiger partial charge is 0.253 e. The fourth-order valence-corrected chi connectivity index (χ4v) is 7.45. The lowest BCUT2D eigenvalue weighted by Crippen LogP contribution is -2.47. The number of thiophene rings is 1. The van der Waals surface area contributed by atoms with E-state index in [4.69, 9.17) is 11.6 Å². The molecule has 0 spiro atoms. The van der Waals surface area contributed by atoms with Crippen molar-refractivity contribution in [2.24, 2.45) is 0 Å². The predicted octanol–water partition coefficient (Wildman–Crippen LogP) is 2.84. The average Bonchev–Trinajstić information content (AvgIpc) is 2.80. The topological polar surface area (TPSA) is 57.6 Å². The average molecular weight is 387 g/mol. The Kier molecular flexibility index (Phi) is 3.73. The number of aliphatic hydroxyl groups is 1. The van der Waals surface area contributed by atoms with Gasteiger partial charge in [-0.3, -0.25) is 0 Å². The molecule has 19 heavy (non-hydrogen) atoms. The summed E-state index contributed by atoms with van der Waals surface area (Å²) in [7, 11) is -3.50. The van der Waals surface area contributed by atoms with E-state index >= 15 is 0 Å². The molecular weight excluding hydrogens is 374 g/mol. The maximum Gasteiger partial charge on any atom is 0.253 e. The van der Waals surface area contributed by atoms with Crippen LogP contribution < -0.4 is 0 Å². The number of rotatable bonds is 2. The van der Waals surface area contributed by atoms with Gasteiger partial charge in [0.1, 0.15) is 4.21 Å². The summed E-state index contributed by atoms with van der Waals surface area (Å²) in [6.07, 6.45) is 2.37. The van der Waals surface area contributed by atoms with Crippen molar-refractivity contribution in [3.05, 3.63) is 14.9 Å². The van der Waals surface area contributed by atoms with Crippen LogP contribution in [0.25, 0.3) is 0 Å². The summed E-state index contributed by atoms with van der Waals surface area (Å²) in [5.41, 5.74) is 0. The fraction of sp³-hybridized carbons (Fsp3) is 0.636. The van der Waals surface area contributed by atoms with E-state index in [0.29, 0.717) is 21.7 Å². The Morgan fingerprint density at radius 2 is 1.95 bits per heavy atom. The maximum atomic E-state index is 12.7. The first-order chi connectivity index (χ1) is 8.89. The lowest BCUT2D eigenvalue weighted by molar-refractivity contribution is 0.0769. The van der Waals surface area contributed by atoms with Crippen molar-refractivity contribution in [1.29, 1.82) is 0 Å². The molecule has 8 heteroatoms. The zero-order chi connectivity index (χ0) is 13.8. The van der Waals surface area contributed by atoms with Gasteiger partial charge in [0.25, 0.3) is 10.0 Å². The highest BCUT2D eigenvalue weighted by atomic mass is 79.9. The minimum atomic E-state index is -3.50. The van der Waals surface area contributed by atoms with E-state index in [1.807, 2.05) is 0 Å². The Bertz CT molecular complexity index is 570. The van der Waals surface area contributed by atoms with Crippen molar-refractivity contribution >= 4 is 48.9 Å². The molecule has 2 aliphatic heterocycles. The van der Waals surface area contributed by atoms with E-state index in [1.165, 1.54) is 6.07 Å². The van der Waals surface area contributed by atoms with Crippen LogP contribution in [0, 0.1) is 0 Å². The van der Waals surface area contributed by atoms with E-state index in [9.17, 15) is 13.5 Å². The van der Waals surface area contributed by atoms with Gasteiger partial charge in [-0.05, 0) is 47.7 Å². The summed E-state index contributed by atoms with van der Waals surface area (Å²) in [4.78, 5) is 0. The molecule has 3 rings (SSSR count). The van der Waals surface area contributed by atoms with Crippen LogP contribution in [0.15, 0.2) is 14.1 Å². The van der Waals surface area contributed by atoms with Gasteiger partial charge in [0.2, 0.25) is 0 Å². The van der Waals surface area contributed by atoms with Crippen molar-refractivity contribution in [2.45, 2.75) is 48.1 Å². The number of hydrogen-bond donors (Lipinski definition) is 1. The summed E-state index contributed by atoms with van der Waals surface area (Å²) >= 11 is 10.3.